The minimum atomic E-state index is 0. The fourth-order valence-corrected chi connectivity index (χ4v) is 2.88. The van der Waals surface area contributed by atoms with Gasteiger partial charge in [-0.05, 0) is 19.3 Å². The van der Waals surface area contributed by atoms with Gasteiger partial charge in [0.25, 0.3) is 5.91 Å². The topological polar surface area (TPSA) is 59.2 Å². The van der Waals surface area contributed by atoms with Crippen LogP contribution in [0.5, 0.6) is 0 Å². The summed E-state index contributed by atoms with van der Waals surface area (Å²) in [6.07, 6.45) is 1.08. The van der Waals surface area contributed by atoms with Gasteiger partial charge in [0.05, 0.1) is 0 Å². The molecule has 1 aliphatic heterocycles. The molecule has 2 N–H and O–H groups in total. The van der Waals surface area contributed by atoms with Crippen LogP contribution in [0.1, 0.15) is 35.8 Å². The highest BCUT2D eigenvalue weighted by Crippen LogP contribution is 2.24. The number of nitrogens with zero attached hydrogens (tertiary/aromatic N) is 2. The van der Waals surface area contributed by atoms with E-state index in [2.05, 4.69) is 18.8 Å². The monoisotopic (exact) mass is 275 g/mol. The van der Waals surface area contributed by atoms with Crippen molar-refractivity contribution in [2.24, 2.45) is 11.7 Å². The zero-order valence-electron chi connectivity index (χ0n) is 10.0. The normalized spacial score (nSPS) is 23.6. The van der Waals surface area contributed by atoms with E-state index in [4.69, 9.17) is 5.73 Å². The molecule has 1 aromatic heterocycles. The lowest BCUT2D eigenvalue weighted by atomic mass is 10.1. The van der Waals surface area contributed by atoms with Crippen LogP contribution in [-0.4, -0.2) is 28.4 Å². The van der Waals surface area contributed by atoms with Crippen molar-refractivity contribution in [3.05, 3.63) is 16.1 Å². The molecule has 2 unspecified atom stereocenters. The standard InChI is InChI=1S/C11H17N3OS.ClH/c1-7-3-8(2)14(5-7)11(15)9-6-16-10(4-12)13-9;/h6-8H,3-5,12H2,1-2H3;1H. The summed E-state index contributed by atoms with van der Waals surface area (Å²) in [5, 5.41) is 2.63. The third-order valence-electron chi connectivity index (χ3n) is 2.99. The fourth-order valence-electron chi connectivity index (χ4n) is 2.23. The third-order valence-corrected chi connectivity index (χ3v) is 3.86. The average molecular weight is 276 g/mol. The number of hydrogen-bond acceptors (Lipinski definition) is 4. The maximum atomic E-state index is 12.2. The van der Waals surface area contributed by atoms with Gasteiger partial charge in [-0.2, -0.15) is 0 Å². The summed E-state index contributed by atoms with van der Waals surface area (Å²) >= 11 is 1.46. The first kappa shape index (κ1) is 14.4. The molecule has 6 heteroatoms. The number of likely N-dealkylation sites (tertiary alicyclic amines) is 1. The van der Waals surface area contributed by atoms with E-state index < -0.39 is 0 Å². The molecule has 1 amide bonds. The maximum absolute atomic E-state index is 12.2. The first-order chi connectivity index (χ1) is 7.61. The summed E-state index contributed by atoms with van der Waals surface area (Å²) < 4.78 is 0. The highest BCUT2D eigenvalue weighted by molar-refractivity contribution is 7.09. The number of amides is 1. The predicted molar refractivity (Wildman–Crippen MR) is 71.5 cm³/mol. The maximum Gasteiger partial charge on any atom is 0.273 e. The van der Waals surface area contributed by atoms with Crippen LogP contribution in [0.4, 0.5) is 0 Å². The number of hydrogen-bond donors (Lipinski definition) is 1. The number of nitrogens with two attached hydrogens (primary N) is 1. The molecule has 2 atom stereocenters. The van der Waals surface area contributed by atoms with Crippen LogP contribution in [0, 0.1) is 5.92 Å². The summed E-state index contributed by atoms with van der Waals surface area (Å²) in [5.41, 5.74) is 6.04. The van der Waals surface area contributed by atoms with E-state index in [1.54, 1.807) is 5.38 Å². The van der Waals surface area contributed by atoms with Crippen molar-refractivity contribution in [1.82, 2.24) is 9.88 Å². The van der Waals surface area contributed by atoms with Gasteiger partial charge in [-0.25, -0.2) is 4.98 Å². The van der Waals surface area contributed by atoms with Gasteiger partial charge in [-0.15, -0.1) is 23.7 Å². The lowest BCUT2D eigenvalue weighted by Gasteiger charge is -2.20. The van der Waals surface area contributed by atoms with Crippen molar-refractivity contribution in [3.63, 3.8) is 0 Å². The highest BCUT2D eigenvalue weighted by Gasteiger charge is 2.31. The number of carbonyl (C=O) groups is 1. The Morgan fingerprint density at radius 3 is 2.82 bits per heavy atom. The van der Waals surface area contributed by atoms with Crippen molar-refractivity contribution < 1.29 is 4.79 Å². The summed E-state index contributed by atoms with van der Waals surface area (Å²) in [4.78, 5) is 18.3. The van der Waals surface area contributed by atoms with Crippen LogP contribution in [0.2, 0.25) is 0 Å². The Hall–Kier alpha value is -0.650. The van der Waals surface area contributed by atoms with Gasteiger partial charge < -0.3 is 10.6 Å². The smallest absolute Gasteiger partial charge is 0.273 e. The van der Waals surface area contributed by atoms with Crippen LogP contribution < -0.4 is 5.73 Å². The highest BCUT2D eigenvalue weighted by atomic mass is 35.5. The average Bonchev–Trinajstić information content (AvgIpc) is 2.84. The molecular formula is C11H18ClN3OS. The van der Waals surface area contributed by atoms with Crippen molar-refractivity contribution in [2.75, 3.05) is 6.54 Å². The summed E-state index contributed by atoms with van der Waals surface area (Å²) in [6, 6.07) is 0.325. The first-order valence-corrected chi connectivity index (χ1v) is 6.45. The number of thiazole rings is 1. The number of carbonyl (C=O) groups excluding carboxylic acids is 1. The van der Waals surface area contributed by atoms with Gasteiger partial charge in [0.15, 0.2) is 0 Å². The Bertz CT molecular complexity index is 396. The lowest BCUT2D eigenvalue weighted by molar-refractivity contribution is 0.0738. The second kappa shape index (κ2) is 5.80. The quantitative estimate of drug-likeness (QED) is 0.897. The number of halogens is 1. The van der Waals surface area contributed by atoms with Crippen molar-refractivity contribution in [1.29, 1.82) is 0 Å². The zero-order chi connectivity index (χ0) is 11.7. The number of rotatable bonds is 2. The van der Waals surface area contributed by atoms with E-state index in [-0.39, 0.29) is 18.3 Å². The van der Waals surface area contributed by atoms with Gasteiger partial charge >= 0.3 is 0 Å². The SMILES string of the molecule is CC1CC(C)N(C(=O)c2csc(CN)n2)C1.Cl. The molecule has 0 spiro atoms. The fraction of sp³-hybridized carbons (Fsp3) is 0.636. The molecule has 4 nitrogen and oxygen atoms in total. The van der Waals surface area contributed by atoms with Crippen LogP contribution in [-0.2, 0) is 6.54 Å². The molecular weight excluding hydrogens is 258 g/mol. The molecule has 96 valence electrons. The van der Waals surface area contributed by atoms with Crippen molar-refractivity contribution in [3.8, 4) is 0 Å². The Morgan fingerprint density at radius 1 is 1.65 bits per heavy atom. The van der Waals surface area contributed by atoms with Gasteiger partial charge in [-0.1, -0.05) is 6.92 Å². The molecule has 1 fully saturated rings. The van der Waals surface area contributed by atoms with Gasteiger partial charge in [0.2, 0.25) is 0 Å². The second-order valence-corrected chi connectivity index (χ2v) is 5.42. The van der Waals surface area contributed by atoms with E-state index in [1.807, 2.05) is 4.90 Å². The van der Waals surface area contributed by atoms with E-state index in [0.29, 0.717) is 24.2 Å². The van der Waals surface area contributed by atoms with Crippen LogP contribution in [0.15, 0.2) is 5.38 Å². The van der Waals surface area contributed by atoms with Gasteiger partial charge in [0.1, 0.15) is 10.7 Å². The van der Waals surface area contributed by atoms with E-state index >= 15 is 0 Å². The van der Waals surface area contributed by atoms with Crippen LogP contribution >= 0.6 is 23.7 Å². The molecule has 1 aliphatic rings. The summed E-state index contributed by atoms with van der Waals surface area (Å²) in [6.45, 7) is 5.52. The van der Waals surface area contributed by atoms with Gasteiger partial charge in [-0.3, -0.25) is 4.79 Å². The molecule has 0 bridgehead atoms. The largest absolute Gasteiger partial charge is 0.334 e. The van der Waals surface area contributed by atoms with Gasteiger partial charge in [0, 0.05) is 24.5 Å². The van der Waals surface area contributed by atoms with Crippen LogP contribution in [0.3, 0.4) is 0 Å². The molecule has 17 heavy (non-hydrogen) atoms. The number of aromatic nitrogens is 1. The van der Waals surface area contributed by atoms with Crippen molar-refractivity contribution >= 4 is 29.7 Å². The Morgan fingerprint density at radius 2 is 2.35 bits per heavy atom. The van der Waals surface area contributed by atoms with E-state index in [0.717, 1.165) is 18.0 Å². The molecule has 0 aliphatic carbocycles. The summed E-state index contributed by atoms with van der Waals surface area (Å²) in [5.74, 6) is 0.638. The van der Waals surface area contributed by atoms with E-state index in [9.17, 15) is 4.79 Å². The molecule has 0 aromatic carbocycles. The second-order valence-electron chi connectivity index (χ2n) is 4.48. The molecule has 1 aromatic rings. The third kappa shape index (κ3) is 2.97. The van der Waals surface area contributed by atoms with Crippen LogP contribution in [0.25, 0.3) is 0 Å². The summed E-state index contributed by atoms with van der Waals surface area (Å²) in [7, 11) is 0. The molecule has 0 saturated carbocycles. The lowest BCUT2D eigenvalue weighted by Crippen LogP contribution is -2.34. The van der Waals surface area contributed by atoms with E-state index in [1.165, 1.54) is 11.3 Å². The van der Waals surface area contributed by atoms with Crippen molar-refractivity contribution in [2.45, 2.75) is 32.9 Å². The Labute approximate surface area is 112 Å². The molecule has 2 heterocycles. The minimum absolute atomic E-state index is 0. The Balaban J connectivity index is 0.00000144. The predicted octanol–water partition coefficient (Wildman–Crippen LogP) is 1.89. The first-order valence-electron chi connectivity index (χ1n) is 5.57. The molecule has 2 rings (SSSR count). The molecule has 1 saturated heterocycles. The zero-order valence-corrected chi connectivity index (χ0v) is 11.7. The Kier molecular flexibility index (Phi) is 4.91. The minimum Gasteiger partial charge on any atom is -0.334 e. The molecule has 0 radical (unpaired) electrons.